The fourth-order valence-corrected chi connectivity index (χ4v) is 3.77. The van der Waals surface area contributed by atoms with Gasteiger partial charge in [0.25, 0.3) is 0 Å². The number of hydrogen-bond acceptors (Lipinski definition) is 1. The molecule has 0 unspecified atom stereocenters. The molecule has 7 heteroatoms. The lowest BCUT2D eigenvalue weighted by Gasteiger charge is -2.13. The SMILES string of the molecule is CCCc1ccc(-c2ccc(-c3ccc4c(F)c(OC(F)(F)F)c(F)cc4c3)c(F)c2)cc1. The quantitative estimate of drug-likeness (QED) is 0.272. The summed E-state index contributed by atoms with van der Waals surface area (Å²) in [5.74, 6) is -5.04. The Labute approximate surface area is 186 Å². The van der Waals surface area contributed by atoms with Crippen molar-refractivity contribution in [3.8, 4) is 28.0 Å². The third kappa shape index (κ3) is 4.82. The first-order valence-electron chi connectivity index (χ1n) is 10.2. The van der Waals surface area contributed by atoms with Crippen LogP contribution in [0, 0.1) is 17.5 Å². The Morgan fingerprint density at radius 1 is 0.727 bits per heavy atom. The Morgan fingerprint density at radius 2 is 1.39 bits per heavy atom. The molecular weight excluding hydrogens is 442 g/mol. The normalized spacial score (nSPS) is 11.7. The van der Waals surface area contributed by atoms with Gasteiger partial charge < -0.3 is 4.74 Å². The zero-order valence-corrected chi connectivity index (χ0v) is 17.4. The van der Waals surface area contributed by atoms with Crippen molar-refractivity contribution in [3.63, 3.8) is 0 Å². The predicted octanol–water partition coefficient (Wildman–Crippen LogP) is 8.44. The van der Waals surface area contributed by atoms with Crippen LogP contribution in [0.4, 0.5) is 26.3 Å². The zero-order chi connectivity index (χ0) is 23.8. The number of alkyl halides is 3. The number of hydrogen-bond donors (Lipinski definition) is 0. The predicted molar refractivity (Wildman–Crippen MR) is 115 cm³/mol. The molecule has 0 heterocycles. The first-order valence-corrected chi connectivity index (χ1v) is 10.2. The molecule has 0 amide bonds. The van der Waals surface area contributed by atoms with E-state index in [-0.39, 0.29) is 16.3 Å². The van der Waals surface area contributed by atoms with Gasteiger partial charge >= 0.3 is 6.36 Å². The van der Waals surface area contributed by atoms with Crippen LogP contribution in [0.25, 0.3) is 33.0 Å². The molecule has 0 spiro atoms. The van der Waals surface area contributed by atoms with Crippen molar-refractivity contribution < 1.29 is 31.1 Å². The number of benzene rings is 4. The molecular formula is C26H18F6O. The van der Waals surface area contributed by atoms with E-state index in [1.807, 2.05) is 24.3 Å². The number of aryl methyl sites for hydroxylation is 1. The Kier molecular flexibility index (Phi) is 6.06. The first kappa shape index (κ1) is 22.7. The highest BCUT2D eigenvalue weighted by molar-refractivity contribution is 5.89. The minimum absolute atomic E-state index is 0.0213. The zero-order valence-electron chi connectivity index (χ0n) is 17.4. The van der Waals surface area contributed by atoms with Crippen LogP contribution >= 0.6 is 0 Å². The Hall–Kier alpha value is -3.48. The molecule has 4 rings (SSSR count). The minimum Gasteiger partial charge on any atom is -0.399 e. The van der Waals surface area contributed by atoms with Gasteiger partial charge in [-0.05, 0) is 52.3 Å². The van der Waals surface area contributed by atoms with Crippen LogP contribution in [0.3, 0.4) is 0 Å². The van der Waals surface area contributed by atoms with Crippen LogP contribution in [0.5, 0.6) is 5.75 Å². The maximum atomic E-state index is 14.9. The molecule has 0 aliphatic heterocycles. The van der Waals surface area contributed by atoms with Gasteiger partial charge in [-0.1, -0.05) is 61.9 Å². The monoisotopic (exact) mass is 460 g/mol. The van der Waals surface area contributed by atoms with E-state index in [0.717, 1.165) is 24.5 Å². The maximum absolute atomic E-state index is 14.9. The van der Waals surface area contributed by atoms with Crippen molar-refractivity contribution in [1.29, 1.82) is 0 Å². The van der Waals surface area contributed by atoms with Crippen molar-refractivity contribution in [2.45, 2.75) is 26.1 Å². The van der Waals surface area contributed by atoms with E-state index < -0.39 is 29.6 Å². The summed E-state index contributed by atoms with van der Waals surface area (Å²) in [7, 11) is 0. The highest BCUT2D eigenvalue weighted by Gasteiger charge is 2.34. The largest absolute Gasteiger partial charge is 0.573 e. The lowest BCUT2D eigenvalue weighted by Crippen LogP contribution is -2.19. The van der Waals surface area contributed by atoms with Gasteiger partial charge in [0.1, 0.15) is 5.82 Å². The second-order valence-electron chi connectivity index (χ2n) is 7.63. The summed E-state index contributed by atoms with van der Waals surface area (Å²) in [6.45, 7) is 2.09. The molecule has 0 bridgehead atoms. The highest BCUT2D eigenvalue weighted by atomic mass is 19.4. The summed E-state index contributed by atoms with van der Waals surface area (Å²) in [5.41, 5.74) is 3.23. The lowest BCUT2D eigenvalue weighted by atomic mass is 9.96. The highest BCUT2D eigenvalue weighted by Crippen LogP contribution is 2.36. The van der Waals surface area contributed by atoms with Crippen molar-refractivity contribution >= 4 is 10.8 Å². The average Bonchev–Trinajstić information content (AvgIpc) is 2.76. The molecule has 4 aromatic rings. The summed E-state index contributed by atoms with van der Waals surface area (Å²) in [5, 5.41) is -0.296. The van der Waals surface area contributed by atoms with Gasteiger partial charge in [-0.3, -0.25) is 0 Å². The van der Waals surface area contributed by atoms with E-state index in [9.17, 15) is 26.3 Å². The molecule has 33 heavy (non-hydrogen) atoms. The summed E-state index contributed by atoms with van der Waals surface area (Å²) >= 11 is 0. The second-order valence-corrected chi connectivity index (χ2v) is 7.63. The third-order valence-electron chi connectivity index (χ3n) is 5.31. The van der Waals surface area contributed by atoms with Crippen LogP contribution in [0.2, 0.25) is 0 Å². The maximum Gasteiger partial charge on any atom is 0.573 e. The van der Waals surface area contributed by atoms with E-state index in [1.54, 1.807) is 12.1 Å². The van der Waals surface area contributed by atoms with Crippen molar-refractivity contribution in [1.82, 2.24) is 0 Å². The van der Waals surface area contributed by atoms with Crippen LogP contribution < -0.4 is 4.74 Å². The fraction of sp³-hybridized carbons (Fsp3) is 0.154. The molecule has 0 saturated heterocycles. The van der Waals surface area contributed by atoms with Gasteiger partial charge in [-0.25, -0.2) is 13.2 Å². The van der Waals surface area contributed by atoms with Gasteiger partial charge in [0, 0.05) is 10.9 Å². The molecule has 0 saturated carbocycles. The van der Waals surface area contributed by atoms with E-state index in [2.05, 4.69) is 11.7 Å². The minimum atomic E-state index is -5.24. The van der Waals surface area contributed by atoms with Crippen LogP contribution in [0.15, 0.2) is 66.7 Å². The standard InChI is InChI=1S/C26H18F6O/c1-2-3-15-4-6-16(7-5-15)17-8-10-20(22(27)13-17)18-9-11-21-19(12-18)14-23(28)25(24(21)29)33-26(30,31)32/h4-14H,2-3H2,1H3. The average molecular weight is 460 g/mol. The molecule has 0 aliphatic carbocycles. The van der Waals surface area contributed by atoms with E-state index in [1.165, 1.54) is 29.8 Å². The first-order chi connectivity index (χ1) is 15.7. The van der Waals surface area contributed by atoms with Gasteiger partial charge in [0.15, 0.2) is 11.6 Å². The van der Waals surface area contributed by atoms with E-state index in [4.69, 9.17) is 0 Å². The molecule has 0 aliphatic rings. The number of fused-ring (bicyclic) bond motifs is 1. The van der Waals surface area contributed by atoms with Gasteiger partial charge in [0.2, 0.25) is 5.75 Å². The van der Waals surface area contributed by atoms with Gasteiger partial charge in [0.05, 0.1) is 0 Å². The summed E-state index contributed by atoms with van der Waals surface area (Å²) in [6, 6.07) is 17.1. The Bertz CT molecular complexity index is 1310. The third-order valence-corrected chi connectivity index (χ3v) is 5.31. The van der Waals surface area contributed by atoms with Crippen molar-refractivity contribution in [2.24, 2.45) is 0 Å². The number of halogens is 6. The summed E-state index contributed by atoms with van der Waals surface area (Å²) in [6.07, 6.45) is -3.25. The smallest absolute Gasteiger partial charge is 0.399 e. The number of rotatable bonds is 5. The van der Waals surface area contributed by atoms with Crippen LogP contribution in [0.1, 0.15) is 18.9 Å². The summed E-state index contributed by atoms with van der Waals surface area (Å²) in [4.78, 5) is 0. The van der Waals surface area contributed by atoms with Gasteiger partial charge in [-0.2, -0.15) is 0 Å². The fourth-order valence-electron chi connectivity index (χ4n) is 3.77. The lowest BCUT2D eigenvalue weighted by molar-refractivity contribution is -0.276. The molecule has 0 aromatic heterocycles. The molecule has 0 radical (unpaired) electrons. The molecule has 170 valence electrons. The molecule has 1 nitrogen and oxygen atoms in total. The van der Waals surface area contributed by atoms with Crippen molar-refractivity contribution in [3.05, 3.63) is 89.7 Å². The Balaban J connectivity index is 1.69. The number of ether oxygens (including phenoxy) is 1. The Morgan fingerprint density at radius 3 is 2.03 bits per heavy atom. The van der Waals surface area contributed by atoms with Crippen LogP contribution in [-0.4, -0.2) is 6.36 Å². The topological polar surface area (TPSA) is 9.23 Å². The second kappa shape index (κ2) is 8.81. The van der Waals surface area contributed by atoms with Crippen LogP contribution in [-0.2, 0) is 6.42 Å². The molecule has 4 aromatic carbocycles. The van der Waals surface area contributed by atoms with E-state index in [0.29, 0.717) is 11.1 Å². The molecule has 0 N–H and O–H groups in total. The molecule has 0 atom stereocenters. The summed E-state index contributed by atoms with van der Waals surface area (Å²) < 4.78 is 84.3. The molecule has 0 fully saturated rings. The van der Waals surface area contributed by atoms with Gasteiger partial charge in [-0.15, -0.1) is 13.2 Å². The van der Waals surface area contributed by atoms with E-state index >= 15 is 0 Å². The van der Waals surface area contributed by atoms with Crippen molar-refractivity contribution in [2.75, 3.05) is 0 Å².